The minimum atomic E-state index is -0.338. The molecule has 1 N–H and O–H groups in total. The number of hydrogen-bond acceptors (Lipinski definition) is 4. The van der Waals surface area contributed by atoms with Crippen molar-refractivity contribution in [3.05, 3.63) is 46.0 Å². The van der Waals surface area contributed by atoms with E-state index in [1.54, 1.807) is 11.9 Å². The van der Waals surface area contributed by atoms with Crippen molar-refractivity contribution < 1.29 is 14.3 Å². The van der Waals surface area contributed by atoms with Crippen molar-refractivity contribution in [1.82, 2.24) is 5.32 Å². The molecule has 1 amide bonds. The summed E-state index contributed by atoms with van der Waals surface area (Å²) in [6.45, 7) is 4.82. The van der Waals surface area contributed by atoms with E-state index < -0.39 is 0 Å². The van der Waals surface area contributed by atoms with Crippen molar-refractivity contribution >= 4 is 27.7 Å². The smallest absolute Gasteiger partial charge is 0.414 e. The van der Waals surface area contributed by atoms with Gasteiger partial charge in [-0.1, -0.05) is 24.3 Å². The van der Waals surface area contributed by atoms with E-state index in [1.165, 1.54) is 11.1 Å². The third-order valence-electron chi connectivity index (χ3n) is 5.71. The third-order valence-corrected chi connectivity index (χ3v) is 6.55. The highest BCUT2D eigenvalue weighted by atomic mass is 79.9. The molecule has 0 saturated carbocycles. The first-order valence-corrected chi connectivity index (χ1v) is 11.8. The molecule has 0 radical (unpaired) electrons. The van der Waals surface area contributed by atoms with Gasteiger partial charge in [-0.3, -0.25) is 4.90 Å². The quantitative estimate of drug-likeness (QED) is 0.509. The fourth-order valence-electron chi connectivity index (χ4n) is 4.00. The van der Waals surface area contributed by atoms with Crippen LogP contribution in [0.2, 0.25) is 0 Å². The van der Waals surface area contributed by atoms with Crippen LogP contribution in [0, 0.1) is 5.92 Å². The molecule has 0 spiro atoms. The number of benzene rings is 1. The molecule has 164 valence electrons. The first-order chi connectivity index (χ1) is 14.6. The van der Waals surface area contributed by atoms with Crippen molar-refractivity contribution in [3.63, 3.8) is 0 Å². The number of anilines is 1. The maximum absolute atomic E-state index is 12.7. The minimum absolute atomic E-state index is 0.338. The van der Waals surface area contributed by atoms with E-state index in [2.05, 4.69) is 51.6 Å². The Balaban J connectivity index is 1.60. The summed E-state index contributed by atoms with van der Waals surface area (Å²) in [6.07, 6.45) is 14.4. The molecule has 0 saturated heterocycles. The van der Waals surface area contributed by atoms with Crippen LogP contribution in [0.5, 0.6) is 5.75 Å². The molecule has 0 bridgehead atoms. The molecule has 1 unspecified atom stereocenters. The second kappa shape index (κ2) is 11.6. The minimum Gasteiger partial charge on any atom is -0.490 e. The summed E-state index contributed by atoms with van der Waals surface area (Å²) in [5.74, 6) is 1.34. The van der Waals surface area contributed by atoms with Gasteiger partial charge < -0.3 is 14.8 Å². The summed E-state index contributed by atoms with van der Waals surface area (Å²) in [5.41, 5.74) is 3.27. The number of fused-ring (bicyclic) bond motifs is 1. The van der Waals surface area contributed by atoms with E-state index >= 15 is 0 Å². The maximum Gasteiger partial charge on any atom is 0.414 e. The highest BCUT2D eigenvalue weighted by molar-refractivity contribution is 9.10. The summed E-state index contributed by atoms with van der Waals surface area (Å²) < 4.78 is 12.4. The van der Waals surface area contributed by atoms with E-state index in [1.807, 2.05) is 6.92 Å². The average Bonchev–Trinajstić information content (AvgIpc) is 3.01. The number of unbranched alkanes of at least 4 members (excludes halogenated alkanes) is 1. The maximum atomic E-state index is 12.7. The van der Waals surface area contributed by atoms with Gasteiger partial charge in [-0.25, -0.2) is 4.79 Å². The van der Waals surface area contributed by atoms with Crippen molar-refractivity contribution in [1.29, 1.82) is 0 Å². The highest BCUT2D eigenvalue weighted by Crippen LogP contribution is 2.41. The van der Waals surface area contributed by atoms with Gasteiger partial charge in [0.25, 0.3) is 0 Å². The number of ether oxygens (including phenoxy) is 2. The zero-order chi connectivity index (χ0) is 21.3. The number of nitrogens with zero attached hydrogens (tertiary/aromatic N) is 1. The normalized spacial score (nSPS) is 17.9. The first-order valence-electron chi connectivity index (χ1n) is 11.0. The number of amides is 1. The monoisotopic (exact) mass is 476 g/mol. The van der Waals surface area contributed by atoms with Gasteiger partial charge in [0.1, 0.15) is 0 Å². The number of carbonyl (C=O) groups excluding carboxylic acids is 1. The predicted molar refractivity (Wildman–Crippen MR) is 126 cm³/mol. The SMILES string of the molecule is CCOc1c(N(C)C(=O)OCCCCC2C=CC=CC2)cc2c(c1Br)CCNCC2. The number of halogens is 1. The highest BCUT2D eigenvalue weighted by Gasteiger charge is 2.24. The van der Waals surface area contributed by atoms with E-state index in [4.69, 9.17) is 9.47 Å². The number of hydrogen-bond donors (Lipinski definition) is 1. The van der Waals surface area contributed by atoms with Gasteiger partial charge in [-0.2, -0.15) is 0 Å². The van der Waals surface area contributed by atoms with E-state index in [0.717, 1.165) is 67.5 Å². The van der Waals surface area contributed by atoms with Crippen LogP contribution in [0.15, 0.2) is 34.8 Å². The Bertz CT molecular complexity index is 791. The lowest BCUT2D eigenvalue weighted by molar-refractivity contribution is 0.152. The zero-order valence-corrected chi connectivity index (χ0v) is 19.7. The molecule has 6 heteroatoms. The van der Waals surface area contributed by atoms with Gasteiger partial charge in [0, 0.05) is 7.05 Å². The second-order valence-corrected chi connectivity index (χ2v) is 8.63. The lowest BCUT2D eigenvalue weighted by Crippen LogP contribution is -2.28. The van der Waals surface area contributed by atoms with Gasteiger partial charge in [0.2, 0.25) is 0 Å². The van der Waals surface area contributed by atoms with Crippen molar-refractivity contribution in [3.8, 4) is 5.75 Å². The summed E-state index contributed by atoms with van der Waals surface area (Å²) in [5, 5.41) is 3.43. The fraction of sp³-hybridized carbons (Fsp3) is 0.542. The molecule has 0 fully saturated rings. The lowest BCUT2D eigenvalue weighted by atomic mass is 9.95. The third kappa shape index (κ3) is 5.88. The Labute approximate surface area is 188 Å². The predicted octanol–water partition coefficient (Wildman–Crippen LogP) is 5.41. The number of nitrogens with one attached hydrogen (secondary N) is 1. The van der Waals surface area contributed by atoms with Crippen LogP contribution in [0.4, 0.5) is 10.5 Å². The fourth-order valence-corrected chi connectivity index (χ4v) is 4.77. The molecule has 30 heavy (non-hydrogen) atoms. The Morgan fingerprint density at radius 3 is 2.87 bits per heavy atom. The molecule has 3 rings (SSSR count). The summed E-state index contributed by atoms with van der Waals surface area (Å²) in [4.78, 5) is 14.3. The largest absolute Gasteiger partial charge is 0.490 e. The molecule has 1 aromatic rings. The van der Waals surface area contributed by atoms with E-state index in [0.29, 0.717) is 19.1 Å². The van der Waals surface area contributed by atoms with Crippen LogP contribution in [-0.2, 0) is 17.6 Å². The molecule has 1 heterocycles. The Morgan fingerprint density at radius 2 is 2.10 bits per heavy atom. The average molecular weight is 477 g/mol. The zero-order valence-electron chi connectivity index (χ0n) is 18.1. The van der Waals surface area contributed by atoms with Gasteiger partial charge in [0.05, 0.1) is 23.4 Å². The van der Waals surface area contributed by atoms with Crippen LogP contribution in [-0.4, -0.2) is 39.4 Å². The van der Waals surface area contributed by atoms with Crippen LogP contribution >= 0.6 is 15.9 Å². The van der Waals surface area contributed by atoms with Crippen LogP contribution in [0.25, 0.3) is 0 Å². The molecule has 5 nitrogen and oxygen atoms in total. The van der Waals surface area contributed by atoms with Crippen molar-refractivity contribution in [2.75, 3.05) is 38.3 Å². The number of allylic oxidation sites excluding steroid dienone is 4. The molecule has 2 aliphatic rings. The molecule has 1 aliphatic heterocycles. The Hall–Kier alpha value is -1.79. The molecule has 0 aromatic heterocycles. The molecule has 1 atom stereocenters. The van der Waals surface area contributed by atoms with Gasteiger partial charge in [-0.15, -0.1) is 0 Å². The standard InChI is InChI=1S/C24H33BrN2O3/c1-3-29-23-21(17-19-12-14-26-15-13-20(19)22(23)25)27(2)24(28)30-16-8-7-11-18-9-5-4-6-10-18/h4-6,9,17-18,26H,3,7-8,10-16H2,1-2H3. The summed E-state index contributed by atoms with van der Waals surface area (Å²) >= 11 is 3.74. The first kappa shape index (κ1) is 22.9. The Kier molecular flexibility index (Phi) is 8.82. The lowest BCUT2D eigenvalue weighted by Gasteiger charge is -2.24. The van der Waals surface area contributed by atoms with Crippen LogP contribution in [0.1, 0.15) is 43.7 Å². The summed E-state index contributed by atoms with van der Waals surface area (Å²) in [6, 6.07) is 2.09. The molecule has 1 aliphatic carbocycles. The van der Waals surface area contributed by atoms with E-state index in [9.17, 15) is 4.79 Å². The molecular formula is C24H33BrN2O3. The van der Waals surface area contributed by atoms with Gasteiger partial charge in [-0.05, 0) is 97.6 Å². The van der Waals surface area contributed by atoms with Crippen LogP contribution in [0.3, 0.4) is 0 Å². The van der Waals surface area contributed by atoms with Crippen molar-refractivity contribution in [2.45, 2.75) is 45.4 Å². The number of rotatable bonds is 8. The van der Waals surface area contributed by atoms with Gasteiger partial charge in [0.15, 0.2) is 5.75 Å². The topological polar surface area (TPSA) is 50.8 Å². The number of carbonyl (C=O) groups is 1. The molecular weight excluding hydrogens is 444 g/mol. The summed E-state index contributed by atoms with van der Waals surface area (Å²) in [7, 11) is 1.76. The Morgan fingerprint density at radius 1 is 1.27 bits per heavy atom. The van der Waals surface area contributed by atoms with Crippen molar-refractivity contribution in [2.24, 2.45) is 5.92 Å². The van der Waals surface area contributed by atoms with Gasteiger partial charge >= 0.3 is 6.09 Å². The van der Waals surface area contributed by atoms with Crippen LogP contribution < -0.4 is 15.0 Å². The second-order valence-electron chi connectivity index (χ2n) is 7.84. The molecule has 1 aromatic carbocycles. The van der Waals surface area contributed by atoms with E-state index in [-0.39, 0.29) is 6.09 Å².